The lowest BCUT2D eigenvalue weighted by Gasteiger charge is -2.27. The second-order valence-electron chi connectivity index (χ2n) is 8.34. The van der Waals surface area contributed by atoms with Crippen LogP contribution in [0.25, 0.3) is 0 Å². The van der Waals surface area contributed by atoms with E-state index in [1.165, 1.54) is 17.7 Å². The number of halogens is 3. The highest BCUT2D eigenvalue weighted by molar-refractivity contribution is 6.33. The molecule has 2 aliphatic heterocycles. The summed E-state index contributed by atoms with van der Waals surface area (Å²) in [6.45, 7) is 19.3. The van der Waals surface area contributed by atoms with Gasteiger partial charge >= 0.3 is 0 Å². The third-order valence-corrected chi connectivity index (χ3v) is 5.34. The Kier molecular flexibility index (Phi) is 24.3. The Morgan fingerprint density at radius 1 is 1.15 bits per heavy atom. The van der Waals surface area contributed by atoms with E-state index in [1.807, 2.05) is 27.7 Å². The van der Waals surface area contributed by atoms with E-state index >= 15 is 0 Å². The number of morpholine rings is 1. The van der Waals surface area contributed by atoms with Gasteiger partial charge in [0.15, 0.2) is 11.5 Å². The third-order valence-electron chi connectivity index (χ3n) is 4.87. The minimum atomic E-state index is -0.871. The average Bonchev–Trinajstić information content (AvgIpc) is 3.39. The summed E-state index contributed by atoms with van der Waals surface area (Å²) in [5, 5.41) is 0.325. The van der Waals surface area contributed by atoms with Crippen molar-refractivity contribution in [3.05, 3.63) is 82.7 Å². The molecule has 0 bridgehead atoms. The van der Waals surface area contributed by atoms with Crippen LogP contribution in [0.3, 0.4) is 0 Å². The number of rotatable bonds is 6. The van der Waals surface area contributed by atoms with Gasteiger partial charge in [0.25, 0.3) is 12.2 Å². The first-order chi connectivity index (χ1) is 19.7. The van der Waals surface area contributed by atoms with Crippen LogP contribution in [-0.2, 0) is 4.74 Å². The number of carbonyl (C=O) groups excluding carboxylic acids is 1. The number of hydrogen-bond donors (Lipinski definition) is 0. The third kappa shape index (κ3) is 15.0. The predicted molar refractivity (Wildman–Crippen MR) is 172 cm³/mol. The molecule has 8 heteroatoms. The monoisotopic (exact) mass is 609 g/mol. The van der Waals surface area contributed by atoms with Crippen LogP contribution in [0.4, 0.5) is 4.39 Å². The van der Waals surface area contributed by atoms with Crippen molar-refractivity contribution >= 4 is 29.1 Å². The number of nitrogens with zero attached hydrogens (tertiary/aromatic N) is 1. The summed E-state index contributed by atoms with van der Waals surface area (Å²) in [5.41, 5.74) is 1.73. The van der Waals surface area contributed by atoms with Crippen LogP contribution in [0, 0.1) is 24.6 Å². The molecular weight excluding hydrogens is 564 g/mol. The van der Waals surface area contributed by atoms with Crippen molar-refractivity contribution in [3.63, 3.8) is 0 Å². The number of allylic oxidation sites excluding steroid dienone is 6. The van der Waals surface area contributed by atoms with Crippen molar-refractivity contribution < 1.29 is 23.4 Å². The smallest absolute Gasteiger partial charge is 0.269 e. The Bertz CT molecular complexity index is 1040. The lowest BCUT2D eigenvalue weighted by molar-refractivity contribution is 0.0299. The van der Waals surface area contributed by atoms with Crippen molar-refractivity contribution in [3.8, 4) is 24.3 Å². The van der Waals surface area contributed by atoms with Crippen LogP contribution in [0.1, 0.15) is 65.2 Å². The Morgan fingerprint density at radius 2 is 1.68 bits per heavy atom. The first-order valence-electron chi connectivity index (χ1n) is 13.6. The molecule has 0 aliphatic carbocycles. The van der Waals surface area contributed by atoms with Crippen molar-refractivity contribution in [2.24, 2.45) is 5.92 Å². The Hall–Kier alpha value is -2.98. The van der Waals surface area contributed by atoms with E-state index in [0.29, 0.717) is 36.9 Å². The molecule has 41 heavy (non-hydrogen) atoms. The van der Waals surface area contributed by atoms with Crippen LogP contribution in [0.5, 0.6) is 11.5 Å². The highest BCUT2D eigenvalue weighted by Crippen LogP contribution is 2.40. The van der Waals surface area contributed by atoms with Crippen molar-refractivity contribution in [2.45, 2.75) is 61.2 Å². The quantitative estimate of drug-likeness (QED) is 0.183. The molecule has 2 aliphatic rings. The summed E-state index contributed by atoms with van der Waals surface area (Å²) in [4.78, 5) is 14.2. The second kappa shape index (κ2) is 24.8. The van der Waals surface area contributed by atoms with Crippen molar-refractivity contribution in [1.29, 1.82) is 0 Å². The van der Waals surface area contributed by atoms with Gasteiger partial charge in [-0.05, 0) is 38.3 Å². The molecule has 2 heterocycles. The van der Waals surface area contributed by atoms with Crippen LogP contribution in [-0.4, -0.2) is 43.4 Å². The maximum atomic E-state index is 14.5. The van der Waals surface area contributed by atoms with Crippen molar-refractivity contribution in [1.82, 2.24) is 4.90 Å². The minimum absolute atomic E-state index is 0.0665. The predicted octanol–water partition coefficient (Wildman–Crippen LogP) is 9.29. The molecule has 1 fully saturated rings. The SMILES string of the molecule is C#C.C=CC.CC.CC/C=C\C(C)C.C\C=C/C(=C(Cl)\C=C\Cl)C1Oc2cc(F)c(C(=O)N3CCOCC3)cc2O1. The maximum absolute atomic E-state index is 14.5. The molecule has 1 aromatic carbocycles. The van der Waals surface area contributed by atoms with Crippen LogP contribution in [0.2, 0.25) is 0 Å². The molecule has 5 nitrogen and oxygen atoms in total. The molecular formula is C33H46Cl2FNO4. The zero-order valence-corrected chi connectivity index (χ0v) is 27.0. The molecule has 0 N–H and O–H groups in total. The lowest BCUT2D eigenvalue weighted by atomic mass is 10.1. The van der Waals surface area contributed by atoms with Crippen LogP contribution < -0.4 is 9.47 Å². The molecule has 1 amide bonds. The number of hydrogen-bond acceptors (Lipinski definition) is 4. The summed E-state index contributed by atoms with van der Waals surface area (Å²) < 4.78 is 31.2. The fourth-order valence-electron chi connectivity index (χ4n) is 3.21. The topological polar surface area (TPSA) is 48.0 Å². The first kappa shape index (κ1) is 40.2. The fraction of sp³-hybridized carbons (Fsp3) is 0.424. The van der Waals surface area contributed by atoms with Gasteiger partial charge in [0, 0.05) is 24.7 Å². The van der Waals surface area contributed by atoms with E-state index in [4.69, 9.17) is 37.4 Å². The van der Waals surface area contributed by atoms with Crippen LogP contribution >= 0.6 is 23.2 Å². The summed E-state index contributed by atoms with van der Waals surface area (Å²) >= 11 is 11.8. The molecule has 0 aromatic heterocycles. The summed E-state index contributed by atoms with van der Waals surface area (Å²) in [5.74, 6) is 0.132. The summed E-state index contributed by atoms with van der Waals surface area (Å²) in [6.07, 6.45) is 19.4. The number of carbonyl (C=O) groups is 1. The van der Waals surface area contributed by atoms with Gasteiger partial charge in [0.2, 0.25) is 0 Å². The number of amides is 1. The first-order valence-corrected chi connectivity index (χ1v) is 14.4. The molecule has 1 atom stereocenters. The molecule has 0 spiro atoms. The normalized spacial score (nSPS) is 15.9. The molecule has 228 valence electrons. The zero-order chi connectivity index (χ0) is 31.8. The van der Waals surface area contributed by atoms with Gasteiger partial charge in [0.05, 0.1) is 29.4 Å². The van der Waals surface area contributed by atoms with E-state index in [1.54, 1.807) is 23.1 Å². The van der Waals surface area contributed by atoms with E-state index in [-0.39, 0.29) is 17.1 Å². The van der Waals surface area contributed by atoms with Gasteiger partial charge < -0.3 is 19.1 Å². The van der Waals surface area contributed by atoms with Gasteiger partial charge in [-0.15, -0.1) is 19.4 Å². The Labute approximate surface area is 257 Å². The highest BCUT2D eigenvalue weighted by Gasteiger charge is 2.31. The second-order valence-corrected chi connectivity index (χ2v) is 8.99. The molecule has 1 unspecified atom stereocenters. The molecule has 3 rings (SSSR count). The molecule has 0 saturated carbocycles. The number of terminal acetylenes is 1. The van der Waals surface area contributed by atoms with E-state index in [9.17, 15) is 9.18 Å². The lowest BCUT2D eigenvalue weighted by Crippen LogP contribution is -2.41. The van der Waals surface area contributed by atoms with Gasteiger partial charge in [-0.3, -0.25) is 4.79 Å². The Morgan fingerprint density at radius 3 is 2.12 bits per heavy atom. The number of benzene rings is 1. The van der Waals surface area contributed by atoms with E-state index < -0.39 is 18.0 Å². The highest BCUT2D eigenvalue weighted by atomic mass is 35.5. The average molecular weight is 611 g/mol. The summed E-state index contributed by atoms with van der Waals surface area (Å²) in [6, 6.07) is 2.52. The maximum Gasteiger partial charge on any atom is 0.269 e. The molecule has 1 saturated heterocycles. The fourth-order valence-corrected chi connectivity index (χ4v) is 3.62. The zero-order valence-electron chi connectivity index (χ0n) is 25.5. The largest absolute Gasteiger partial charge is 0.447 e. The van der Waals surface area contributed by atoms with Gasteiger partial charge in [-0.2, -0.15) is 0 Å². The minimum Gasteiger partial charge on any atom is -0.447 e. The van der Waals surface area contributed by atoms with Crippen LogP contribution in [0.15, 0.2) is 71.3 Å². The number of fused-ring (bicyclic) bond motifs is 1. The van der Waals surface area contributed by atoms with Crippen molar-refractivity contribution in [2.75, 3.05) is 26.3 Å². The Balaban J connectivity index is 0. The van der Waals surface area contributed by atoms with Gasteiger partial charge in [0.1, 0.15) is 5.82 Å². The molecule has 1 aromatic rings. The molecule has 0 radical (unpaired) electrons. The van der Waals surface area contributed by atoms with Gasteiger partial charge in [-0.1, -0.05) is 88.2 Å². The van der Waals surface area contributed by atoms with E-state index in [2.05, 4.69) is 52.3 Å². The number of ether oxygens (including phenoxy) is 3. The van der Waals surface area contributed by atoms with Gasteiger partial charge in [-0.25, -0.2) is 4.39 Å². The van der Waals surface area contributed by atoms with E-state index in [0.717, 1.165) is 18.4 Å². The standard InChI is InChI=1S/C19H18Cl2FNO4.C7H14.C3H6.C2H6.C2H2/c1-2-3-12(14(21)4-5-20)19-26-16-10-13(15(22)11-17(16)27-19)18(24)23-6-8-25-9-7-23;1-4-5-6-7(2)3;1-3-2;2*1-2/h2-5,10-11,19H,6-9H2,1H3;5-7H,4H2,1-3H3;3H,1H2,2H3;1-2H3;1-2H/b3-2-,5-4+,14-12-;6-5-;;;. The summed E-state index contributed by atoms with van der Waals surface area (Å²) in [7, 11) is 0.